The molecule has 1 N–H and O–H groups in total. The van der Waals surface area contributed by atoms with Crippen molar-refractivity contribution in [2.24, 2.45) is 0 Å². The van der Waals surface area contributed by atoms with Gasteiger partial charge < -0.3 is 0 Å². The van der Waals surface area contributed by atoms with Crippen LogP contribution < -0.4 is 8.90 Å². The third kappa shape index (κ3) is 3.49. The number of esters is 2. The molecule has 0 saturated carbocycles. The quantitative estimate of drug-likeness (QED) is 0.263. The Kier molecular flexibility index (Phi) is 6.83. The van der Waals surface area contributed by atoms with Crippen LogP contribution in [-0.2, 0) is 49.1 Å². The molecule has 2 aromatic rings. The zero-order valence-electron chi connectivity index (χ0n) is 28.3. The van der Waals surface area contributed by atoms with Crippen LogP contribution in [0.3, 0.4) is 0 Å². The summed E-state index contributed by atoms with van der Waals surface area (Å²) in [6.07, 6.45) is -0.198. The van der Waals surface area contributed by atoms with E-state index < -0.39 is 69.6 Å². The maximum absolute atomic E-state index is 15.2. The second-order valence-electron chi connectivity index (χ2n) is 14.6. The first-order valence-corrected chi connectivity index (χ1v) is 24.1. The van der Waals surface area contributed by atoms with Crippen LogP contribution in [0, 0.1) is 0 Å². The number of carbonyl (C=O) groups excluding carboxylic acids is 6. The number of anilines is 1. The molecule has 18 heteroatoms. The molecule has 2 spiro atoms. The van der Waals surface area contributed by atoms with Crippen molar-refractivity contribution < 1.29 is 38.2 Å². The molecule has 268 valence electrons. The number of likely N-dealkylation sites (N-methyl/N-ethyl adjacent to an activating group) is 2. The van der Waals surface area contributed by atoms with E-state index in [4.69, 9.17) is 9.47 Å². The molecule has 52 heavy (non-hydrogen) atoms. The van der Waals surface area contributed by atoms with Crippen LogP contribution >= 0.6 is 43.2 Å². The van der Waals surface area contributed by atoms with Gasteiger partial charge in [0.05, 0.1) is 0 Å². The van der Waals surface area contributed by atoms with Gasteiger partial charge in [0.2, 0.25) is 0 Å². The Morgan fingerprint density at radius 2 is 1.25 bits per heavy atom. The van der Waals surface area contributed by atoms with Crippen LogP contribution in [0.25, 0.3) is 0 Å². The second kappa shape index (κ2) is 10.5. The van der Waals surface area contributed by atoms with Gasteiger partial charge in [0.1, 0.15) is 0 Å². The van der Waals surface area contributed by atoms with Gasteiger partial charge in [0, 0.05) is 0 Å². The van der Waals surface area contributed by atoms with Gasteiger partial charge in [0.15, 0.2) is 0 Å². The van der Waals surface area contributed by atoms with Crippen LogP contribution in [0.15, 0.2) is 48.5 Å². The van der Waals surface area contributed by atoms with Crippen LogP contribution in [0.4, 0.5) is 5.69 Å². The number of piperazine rings is 2. The summed E-state index contributed by atoms with van der Waals surface area (Å²) in [4.78, 5) is 85.3. The minimum absolute atomic E-state index is 0.215. The summed E-state index contributed by atoms with van der Waals surface area (Å²) in [5.41, 5.74) is 0.987. The number of nitrogens with zero attached hydrogens (tertiary/aromatic N) is 4. The van der Waals surface area contributed by atoms with E-state index in [1.54, 1.807) is 19.0 Å². The first-order valence-electron chi connectivity index (χ1n) is 16.7. The van der Waals surface area contributed by atoms with Gasteiger partial charge in [-0.05, 0) is 0 Å². The molecule has 10 heterocycles. The summed E-state index contributed by atoms with van der Waals surface area (Å²) in [6, 6.07) is 16.2. The number of ether oxygens (including phenoxy) is 2. The zero-order valence-corrected chi connectivity index (χ0v) is 34.4. The predicted octanol–water partition coefficient (Wildman–Crippen LogP) is 1.39. The molecule has 12 rings (SSSR count). The Bertz CT molecular complexity index is 1970. The molecular formula is C34H31N5O8S4Sn. The molecule has 0 aliphatic carbocycles. The van der Waals surface area contributed by atoms with E-state index >= 15 is 9.59 Å². The first kappa shape index (κ1) is 33.8. The fourth-order valence-electron chi connectivity index (χ4n) is 10.3. The maximum atomic E-state index is 15.2. The Hall–Kier alpha value is -2.74. The van der Waals surface area contributed by atoms with E-state index in [9.17, 15) is 19.2 Å². The monoisotopic (exact) mass is 885 g/mol. The number of amides is 4. The average molecular weight is 885 g/mol. The summed E-state index contributed by atoms with van der Waals surface area (Å²) < 4.78 is 11.8. The molecule has 13 nitrogen and oxygen atoms in total. The third-order valence-electron chi connectivity index (χ3n) is 12.5. The van der Waals surface area contributed by atoms with Gasteiger partial charge in [-0.3, -0.25) is 0 Å². The van der Waals surface area contributed by atoms with Crippen LogP contribution in [0.2, 0.25) is 0 Å². The number of hydrogen-bond acceptors (Lipinski definition) is 13. The zero-order chi connectivity index (χ0) is 36.4. The number of benzene rings is 2. The normalized spacial score (nSPS) is 39.9. The number of carbonyl (C=O) groups is 6. The van der Waals surface area contributed by atoms with Gasteiger partial charge in [-0.25, -0.2) is 0 Å². The molecule has 0 aromatic heterocycles. The molecule has 8 saturated heterocycles. The van der Waals surface area contributed by atoms with Gasteiger partial charge in [-0.2, -0.15) is 0 Å². The Morgan fingerprint density at radius 3 is 1.87 bits per heavy atom. The van der Waals surface area contributed by atoms with E-state index in [1.165, 1.54) is 70.4 Å². The Balaban J connectivity index is 1.23. The van der Waals surface area contributed by atoms with Gasteiger partial charge in [0.25, 0.3) is 0 Å². The van der Waals surface area contributed by atoms with Crippen LogP contribution in [-0.4, -0.2) is 133 Å². The van der Waals surface area contributed by atoms with Gasteiger partial charge >= 0.3 is 327 Å². The Morgan fingerprint density at radius 1 is 0.731 bits per heavy atom. The third-order valence-corrected chi connectivity index (χ3v) is 24.8. The summed E-state index contributed by atoms with van der Waals surface area (Å²) in [6.45, 7) is 2.00. The van der Waals surface area contributed by atoms with E-state index in [0.29, 0.717) is 0 Å². The molecule has 2 radical (unpaired) electrons. The molecule has 8 atom stereocenters. The molecule has 4 amide bonds. The molecule has 8 fully saturated rings. The van der Waals surface area contributed by atoms with Crippen molar-refractivity contribution in [3.05, 3.63) is 59.7 Å². The number of rotatable bonds is 5. The molecule has 4 bridgehead atoms. The Labute approximate surface area is 324 Å². The van der Waals surface area contributed by atoms with Crippen molar-refractivity contribution in [1.29, 1.82) is 0 Å². The second-order valence-corrected chi connectivity index (χ2v) is 23.9. The molecule has 0 unspecified atom stereocenters. The van der Waals surface area contributed by atoms with E-state index in [-0.39, 0.29) is 53.7 Å². The van der Waals surface area contributed by atoms with Crippen molar-refractivity contribution in [2.75, 3.05) is 32.6 Å². The summed E-state index contributed by atoms with van der Waals surface area (Å²) in [7, 11) is 8.49. The average Bonchev–Trinajstić information content (AvgIpc) is 3.81. The SMILES string of the molecule is CC(=O)OC[C@]12SS[C@@]3(C[C@]4([C@]56C[C@@]78SS[C@@](COC(C)=O)(C(=O)N7[C@H]5[Sn][c]5ccccc56)N(C)C8=O)c5ccccc5N[C@@H]4N3C1=O)C(=O)N2C. The first-order chi connectivity index (χ1) is 24.8. The minimum atomic E-state index is -1.73. The fraction of sp³-hybridized carbons (Fsp3) is 0.471. The topological polar surface area (TPSA) is 146 Å². The standard InChI is InChI=1S/C34H31N5O8S4.Sn/c1-19(40)46-17-33-27(44)38-16-29(21-10-6-5-7-11-21,14-31(38,48-50-33)25(42)36(33)3)30-15-32-26(43)37(4)34(51-49-32,18-47-20(2)41)28(45)39(32)24(30)35-23-13-9-8-12-22(23)30;/h5-10,12-13,16,24,35H,14-15,17-18H2,1-4H3;/t24-,29-,30+,31+,32+,33+,34+;/m1./s1. The molecule has 10 aliphatic rings. The summed E-state index contributed by atoms with van der Waals surface area (Å²) >= 11 is -1.73. The van der Waals surface area contributed by atoms with Crippen LogP contribution in [0.1, 0.15) is 37.8 Å². The number of nitrogens with one attached hydrogen (secondary N) is 1. The number of para-hydroxylation sites is 1. The van der Waals surface area contributed by atoms with E-state index in [1.807, 2.05) is 35.2 Å². The molecule has 2 aromatic carbocycles. The van der Waals surface area contributed by atoms with Crippen molar-refractivity contribution in [3.8, 4) is 0 Å². The van der Waals surface area contributed by atoms with Gasteiger partial charge in [-0.15, -0.1) is 0 Å². The molecular weight excluding hydrogens is 853 g/mol. The van der Waals surface area contributed by atoms with Crippen molar-refractivity contribution in [1.82, 2.24) is 19.6 Å². The van der Waals surface area contributed by atoms with Crippen molar-refractivity contribution >= 4 is 109 Å². The van der Waals surface area contributed by atoms with E-state index in [2.05, 4.69) is 23.5 Å². The fourth-order valence-corrected chi connectivity index (χ4v) is 24.1. The van der Waals surface area contributed by atoms with Crippen molar-refractivity contribution in [2.45, 2.75) is 67.2 Å². The van der Waals surface area contributed by atoms with Gasteiger partial charge in [-0.1, -0.05) is 0 Å². The number of hydrogen-bond donors (Lipinski definition) is 1. The van der Waals surface area contributed by atoms with Crippen molar-refractivity contribution in [3.63, 3.8) is 0 Å². The summed E-state index contributed by atoms with van der Waals surface area (Å²) in [5.74, 6) is -2.12. The van der Waals surface area contributed by atoms with E-state index in [0.717, 1.165) is 16.8 Å². The van der Waals surface area contributed by atoms with Crippen LogP contribution in [0.5, 0.6) is 0 Å². The molecule has 10 aliphatic heterocycles. The predicted molar refractivity (Wildman–Crippen MR) is 196 cm³/mol. The number of fused-ring (bicyclic) bond motifs is 11. The summed E-state index contributed by atoms with van der Waals surface area (Å²) in [5, 5.41) is 3.73.